The highest BCUT2D eigenvalue weighted by atomic mass is 79.9. The Morgan fingerprint density at radius 3 is 2.59 bits per heavy atom. The molecule has 0 saturated carbocycles. The molecule has 8 heteroatoms. The summed E-state index contributed by atoms with van der Waals surface area (Å²) in [6, 6.07) is 11.0. The van der Waals surface area contributed by atoms with Crippen LogP contribution in [0.5, 0.6) is 11.5 Å². The van der Waals surface area contributed by atoms with Gasteiger partial charge in [-0.25, -0.2) is 0 Å². The van der Waals surface area contributed by atoms with E-state index in [1.165, 1.54) is 0 Å². The van der Waals surface area contributed by atoms with E-state index >= 15 is 0 Å². The summed E-state index contributed by atoms with van der Waals surface area (Å²) >= 11 is 9.71. The fraction of sp³-hybridized carbons (Fsp3) is 0.286. The van der Waals surface area contributed by atoms with Gasteiger partial charge in [0.1, 0.15) is 11.5 Å². The van der Waals surface area contributed by atoms with E-state index in [2.05, 4.69) is 21.2 Å². The molecule has 0 fully saturated rings. The van der Waals surface area contributed by atoms with Crippen LogP contribution in [0.2, 0.25) is 5.02 Å². The van der Waals surface area contributed by atoms with Gasteiger partial charge < -0.3 is 24.8 Å². The highest BCUT2D eigenvalue weighted by Gasteiger charge is 2.32. The zero-order valence-corrected chi connectivity index (χ0v) is 18.7. The molecule has 1 aliphatic heterocycles. The van der Waals surface area contributed by atoms with Gasteiger partial charge in [-0.3, -0.25) is 4.79 Å². The van der Waals surface area contributed by atoms with E-state index < -0.39 is 6.10 Å². The number of methoxy groups -OCH3 is 1. The lowest BCUT2D eigenvalue weighted by Crippen LogP contribution is -2.47. The molecule has 3 rings (SSSR count). The van der Waals surface area contributed by atoms with E-state index in [0.717, 1.165) is 21.3 Å². The molecule has 0 spiro atoms. The van der Waals surface area contributed by atoms with Crippen molar-refractivity contribution in [2.75, 3.05) is 13.8 Å². The van der Waals surface area contributed by atoms with Crippen LogP contribution in [0.4, 0.5) is 0 Å². The number of amides is 1. The third-order valence-electron chi connectivity index (χ3n) is 4.53. The van der Waals surface area contributed by atoms with E-state index in [4.69, 9.17) is 21.1 Å². The van der Waals surface area contributed by atoms with Gasteiger partial charge in [0.05, 0.1) is 30.6 Å². The van der Waals surface area contributed by atoms with Gasteiger partial charge >= 0.3 is 0 Å². The molecule has 2 aromatic carbocycles. The van der Waals surface area contributed by atoms with Gasteiger partial charge in [0.25, 0.3) is 5.91 Å². The molecule has 1 amide bonds. The number of nitrogens with zero attached hydrogens (tertiary/aromatic N) is 1. The first-order valence-electron chi connectivity index (χ1n) is 9.02. The summed E-state index contributed by atoms with van der Waals surface area (Å²) in [5.74, 6) is 0.836. The number of carbonyl (C=O) groups is 1. The van der Waals surface area contributed by atoms with Crippen LogP contribution in [0.3, 0.4) is 0 Å². The number of ether oxygens (including phenoxy) is 2. The second-order valence-corrected chi connectivity index (χ2v) is 8.06. The minimum absolute atomic E-state index is 0.0343. The smallest absolute Gasteiger partial charge is 0.293 e. The first kappa shape index (κ1) is 21.5. The summed E-state index contributed by atoms with van der Waals surface area (Å²) in [7, 11) is 1.61. The number of carbonyl (C=O) groups excluding carboxylic acids is 1. The summed E-state index contributed by atoms with van der Waals surface area (Å²) in [4.78, 5) is 14.8. The molecular weight excluding hydrogens is 460 g/mol. The number of hydrogen-bond acceptors (Lipinski definition) is 5. The third kappa shape index (κ3) is 4.86. The molecule has 1 heterocycles. The molecule has 2 aromatic rings. The molecule has 1 unspecified atom stereocenters. The van der Waals surface area contributed by atoms with Crippen molar-refractivity contribution in [2.45, 2.75) is 26.5 Å². The third-order valence-corrected chi connectivity index (χ3v) is 5.27. The number of rotatable bonds is 6. The summed E-state index contributed by atoms with van der Waals surface area (Å²) in [5, 5.41) is 13.6. The molecule has 1 atom stereocenters. The number of hydrogen-bond donors (Lipinski definition) is 2. The molecule has 0 bridgehead atoms. The van der Waals surface area contributed by atoms with Crippen molar-refractivity contribution >= 4 is 33.4 Å². The van der Waals surface area contributed by atoms with Crippen molar-refractivity contribution in [3.8, 4) is 11.5 Å². The van der Waals surface area contributed by atoms with Crippen molar-refractivity contribution in [3.05, 3.63) is 68.5 Å². The van der Waals surface area contributed by atoms with E-state index in [-0.39, 0.29) is 18.3 Å². The standard InChI is InChI=1S/C21H22BrClN2O4/c1-12-8-15(22)9-17(23)19(12)29-20-18(13(2)26)24-11-25(21(20)27)10-14-4-6-16(28-3)7-5-14/h4-9,13,24,26H,10-11H2,1-3H3. The molecule has 1 aliphatic rings. The highest BCUT2D eigenvalue weighted by Crippen LogP contribution is 2.34. The predicted molar refractivity (Wildman–Crippen MR) is 115 cm³/mol. The quantitative estimate of drug-likeness (QED) is 0.653. The number of halogens is 2. The van der Waals surface area contributed by atoms with Crippen LogP contribution >= 0.6 is 27.5 Å². The number of aliphatic hydroxyl groups excluding tert-OH is 1. The Labute approximate surface area is 183 Å². The fourth-order valence-corrected chi connectivity index (χ4v) is 4.04. The van der Waals surface area contributed by atoms with Crippen LogP contribution in [0, 0.1) is 6.92 Å². The molecule has 154 valence electrons. The van der Waals surface area contributed by atoms with Gasteiger partial charge in [-0.15, -0.1) is 0 Å². The van der Waals surface area contributed by atoms with E-state index in [0.29, 0.717) is 23.0 Å². The molecule has 0 radical (unpaired) electrons. The fourth-order valence-electron chi connectivity index (χ4n) is 3.03. The number of nitrogens with one attached hydrogen (secondary N) is 1. The Balaban J connectivity index is 1.89. The van der Waals surface area contributed by atoms with Gasteiger partial charge in [0.2, 0.25) is 5.76 Å². The van der Waals surface area contributed by atoms with Crippen LogP contribution in [-0.2, 0) is 11.3 Å². The van der Waals surface area contributed by atoms with Gasteiger partial charge in [0.15, 0.2) is 0 Å². The largest absolute Gasteiger partial charge is 0.497 e. The van der Waals surface area contributed by atoms with Gasteiger partial charge in [0, 0.05) is 11.0 Å². The first-order valence-corrected chi connectivity index (χ1v) is 10.2. The van der Waals surface area contributed by atoms with Gasteiger partial charge in [-0.05, 0) is 49.2 Å². The second-order valence-electron chi connectivity index (χ2n) is 6.74. The average molecular weight is 482 g/mol. The maximum atomic E-state index is 13.2. The van der Waals surface area contributed by atoms with Crippen molar-refractivity contribution in [3.63, 3.8) is 0 Å². The second kappa shape index (κ2) is 9.07. The molecule has 0 aliphatic carbocycles. The van der Waals surface area contributed by atoms with Gasteiger partial charge in [-0.1, -0.05) is 39.7 Å². The SMILES string of the molecule is COc1ccc(CN2CNC(C(C)O)=C(Oc3c(C)cc(Br)cc3Cl)C2=O)cc1. The van der Waals surface area contributed by atoms with Crippen LogP contribution in [0.25, 0.3) is 0 Å². The molecular formula is C21H22BrClN2O4. The summed E-state index contributed by atoms with van der Waals surface area (Å²) < 4.78 is 11.9. The highest BCUT2D eigenvalue weighted by molar-refractivity contribution is 9.10. The van der Waals surface area contributed by atoms with Crippen LogP contribution < -0.4 is 14.8 Å². The minimum atomic E-state index is -0.897. The van der Waals surface area contributed by atoms with Crippen LogP contribution in [0.15, 0.2) is 52.3 Å². The Hall–Kier alpha value is -2.22. The van der Waals surface area contributed by atoms with Crippen molar-refractivity contribution < 1.29 is 19.4 Å². The molecule has 0 saturated heterocycles. The summed E-state index contributed by atoms with van der Waals surface area (Å²) in [6.45, 7) is 4.05. The molecule has 29 heavy (non-hydrogen) atoms. The maximum Gasteiger partial charge on any atom is 0.293 e. The van der Waals surface area contributed by atoms with E-state index in [9.17, 15) is 9.90 Å². The monoisotopic (exact) mass is 480 g/mol. The number of benzene rings is 2. The van der Waals surface area contributed by atoms with Crippen molar-refractivity contribution in [1.29, 1.82) is 0 Å². The lowest BCUT2D eigenvalue weighted by molar-refractivity contribution is -0.131. The summed E-state index contributed by atoms with van der Waals surface area (Å²) in [5.41, 5.74) is 2.04. The van der Waals surface area contributed by atoms with Crippen molar-refractivity contribution in [1.82, 2.24) is 10.2 Å². The Kier molecular flexibility index (Phi) is 6.72. The topological polar surface area (TPSA) is 71.0 Å². The maximum absolute atomic E-state index is 13.2. The number of aliphatic hydroxyl groups is 1. The Bertz CT molecular complexity index is 921. The number of aryl methyl sites for hydroxylation is 1. The average Bonchev–Trinajstić information content (AvgIpc) is 2.67. The van der Waals surface area contributed by atoms with E-state index in [1.54, 1.807) is 25.0 Å². The predicted octanol–water partition coefficient (Wildman–Crippen LogP) is 3.98. The van der Waals surface area contributed by atoms with Crippen LogP contribution in [-0.4, -0.2) is 35.8 Å². The lowest BCUT2D eigenvalue weighted by atomic mass is 10.1. The van der Waals surface area contributed by atoms with Gasteiger partial charge in [-0.2, -0.15) is 0 Å². The molecule has 2 N–H and O–H groups in total. The normalized spacial score (nSPS) is 15.2. The molecule has 6 nitrogen and oxygen atoms in total. The molecule has 0 aromatic heterocycles. The van der Waals surface area contributed by atoms with E-state index in [1.807, 2.05) is 37.3 Å². The zero-order chi connectivity index (χ0) is 21.1. The Morgan fingerprint density at radius 1 is 1.31 bits per heavy atom. The summed E-state index contributed by atoms with van der Waals surface area (Å²) in [6.07, 6.45) is -0.897. The first-order chi connectivity index (χ1) is 13.8. The minimum Gasteiger partial charge on any atom is -0.497 e. The zero-order valence-electron chi connectivity index (χ0n) is 16.3. The Morgan fingerprint density at radius 2 is 2.00 bits per heavy atom. The van der Waals surface area contributed by atoms with Crippen molar-refractivity contribution in [2.24, 2.45) is 0 Å². The lowest BCUT2D eigenvalue weighted by Gasteiger charge is -2.32. The van der Waals surface area contributed by atoms with Crippen LogP contribution in [0.1, 0.15) is 18.1 Å².